The molecule has 1 aromatic carbocycles. The average molecular weight is 259 g/mol. The van der Waals surface area contributed by atoms with Crippen molar-refractivity contribution in [2.75, 3.05) is 13.2 Å². The summed E-state index contributed by atoms with van der Waals surface area (Å²) in [7, 11) is 0. The Morgan fingerprint density at radius 3 is 2.67 bits per heavy atom. The van der Waals surface area contributed by atoms with Crippen molar-refractivity contribution in [3.63, 3.8) is 0 Å². The van der Waals surface area contributed by atoms with Gasteiger partial charge in [0.15, 0.2) is 11.6 Å². The number of aliphatic hydroxyl groups is 1. The molecule has 0 aliphatic rings. The third-order valence-corrected chi connectivity index (χ3v) is 2.70. The van der Waals surface area contributed by atoms with E-state index in [9.17, 15) is 13.9 Å². The van der Waals surface area contributed by atoms with Crippen LogP contribution in [0.2, 0.25) is 0 Å². The van der Waals surface area contributed by atoms with Crippen LogP contribution in [-0.4, -0.2) is 23.9 Å². The minimum Gasteiger partial charge on any atom is -0.491 e. The van der Waals surface area contributed by atoms with Gasteiger partial charge in [0.2, 0.25) is 0 Å². The van der Waals surface area contributed by atoms with Crippen LogP contribution in [0.1, 0.15) is 26.2 Å². The van der Waals surface area contributed by atoms with Crippen molar-refractivity contribution in [3.05, 3.63) is 29.8 Å². The van der Waals surface area contributed by atoms with Crippen LogP contribution in [0, 0.1) is 11.6 Å². The van der Waals surface area contributed by atoms with Crippen LogP contribution in [0.15, 0.2) is 18.2 Å². The van der Waals surface area contributed by atoms with Crippen LogP contribution in [0.3, 0.4) is 0 Å². The molecule has 0 radical (unpaired) electrons. The number of hydrogen-bond acceptors (Lipinski definition) is 3. The van der Waals surface area contributed by atoms with Gasteiger partial charge in [-0.15, -0.1) is 0 Å². The maximum atomic E-state index is 13.2. The number of unbranched alkanes of at least 4 members (excludes halogenated alkanes) is 1. The van der Waals surface area contributed by atoms with E-state index in [-0.39, 0.29) is 12.3 Å². The molecule has 0 spiro atoms. The number of halogens is 2. The fourth-order valence-corrected chi connectivity index (χ4v) is 1.48. The molecule has 0 saturated carbocycles. The van der Waals surface area contributed by atoms with E-state index in [2.05, 4.69) is 0 Å². The van der Waals surface area contributed by atoms with Gasteiger partial charge in [-0.3, -0.25) is 0 Å². The molecule has 1 rings (SSSR count). The molecular weight excluding hydrogens is 240 g/mol. The van der Waals surface area contributed by atoms with Crippen molar-refractivity contribution in [1.82, 2.24) is 0 Å². The molecule has 3 nitrogen and oxygen atoms in total. The van der Waals surface area contributed by atoms with Crippen LogP contribution in [-0.2, 0) is 0 Å². The smallest absolute Gasteiger partial charge is 0.167 e. The molecule has 1 aromatic rings. The van der Waals surface area contributed by atoms with Crippen molar-refractivity contribution in [2.24, 2.45) is 5.73 Å². The standard InChI is InChI=1S/C13H19F2NO2/c1-13(17,9-16)6-2-3-7-18-12-5-4-10(14)8-11(12)15/h4-5,8,17H,2-3,6-7,9,16H2,1H3. The Hall–Kier alpha value is -1.20. The number of nitrogens with two attached hydrogens (primary N) is 1. The van der Waals surface area contributed by atoms with E-state index in [1.807, 2.05) is 0 Å². The first-order chi connectivity index (χ1) is 8.44. The first-order valence-electron chi connectivity index (χ1n) is 5.95. The number of benzene rings is 1. The van der Waals surface area contributed by atoms with Gasteiger partial charge in [0.05, 0.1) is 12.2 Å². The van der Waals surface area contributed by atoms with E-state index in [4.69, 9.17) is 10.5 Å². The average Bonchev–Trinajstić information content (AvgIpc) is 2.31. The van der Waals surface area contributed by atoms with E-state index < -0.39 is 17.2 Å². The minimum absolute atomic E-state index is 0.0435. The summed E-state index contributed by atoms with van der Waals surface area (Å²) in [6.07, 6.45) is 1.97. The van der Waals surface area contributed by atoms with E-state index >= 15 is 0 Å². The zero-order chi connectivity index (χ0) is 13.6. The molecule has 3 N–H and O–H groups in total. The first kappa shape index (κ1) is 14.9. The van der Waals surface area contributed by atoms with Crippen LogP contribution < -0.4 is 10.5 Å². The summed E-state index contributed by atoms with van der Waals surface area (Å²) < 4.78 is 31.0. The van der Waals surface area contributed by atoms with Gasteiger partial charge < -0.3 is 15.6 Å². The topological polar surface area (TPSA) is 55.5 Å². The molecule has 5 heteroatoms. The Morgan fingerprint density at radius 1 is 1.33 bits per heavy atom. The van der Waals surface area contributed by atoms with Gasteiger partial charge in [-0.2, -0.15) is 0 Å². The summed E-state index contributed by atoms with van der Waals surface area (Å²) >= 11 is 0. The fourth-order valence-electron chi connectivity index (χ4n) is 1.48. The molecule has 1 unspecified atom stereocenters. The SMILES string of the molecule is CC(O)(CN)CCCCOc1ccc(F)cc1F. The zero-order valence-corrected chi connectivity index (χ0v) is 10.5. The quantitative estimate of drug-likeness (QED) is 0.738. The van der Waals surface area contributed by atoms with Gasteiger partial charge >= 0.3 is 0 Å². The van der Waals surface area contributed by atoms with Crippen LogP contribution in [0.4, 0.5) is 8.78 Å². The Kier molecular flexibility index (Phi) is 5.50. The molecule has 0 saturated heterocycles. The second-order valence-corrected chi connectivity index (χ2v) is 4.58. The molecule has 0 bridgehead atoms. The van der Waals surface area contributed by atoms with Gasteiger partial charge in [0, 0.05) is 12.6 Å². The normalized spacial score (nSPS) is 14.3. The summed E-state index contributed by atoms with van der Waals surface area (Å²) in [5, 5.41) is 9.65. The lowest BCUT2D eigenvalue weighted by Gasteiger charge is -2.20. The van der Waals surface area contributed by atoms with E-state index in [1.54, 1.807) is 6.92 Å². The molecule has 0 fully saturated rings. The fraction of sp³-hybridized carbons (Fsp3) is 0.538. The Balaban J connectivity index is 2.26. The molecule has 0 heterocycles. The highest BCUT2D eigenvalue weighted by atomic mass is 19.1. The lowest BCUT2D eigenvalue weighted by Crippen LogP contribution is -2.33. The van der Waals surface area contributed by atoms with Crippen molar-refractivity contribution < 1.29 is 18.6 Å². The van der Waals surface area contributed by atoms with Crippen LogP contribution in [0.5, 0.6) is 5.75 Å². The second-order valence-electron chi connectivity index (χ2n) is 4.58. The predicted molar refractivity (Wildman–Crippen MR) is 65.4 cm³/mol. The largest absolute Gasteiger partial charge is 0.491 e. The molecule has 0 aliphatic carbocycles. The summed E-state index contributed by atoms with van der Waals surface area (Å²) in [4.78, 5) is 0. The van der Waals surface area contributed by atoms with Gasteiger partial charge in [-0.25, -0.2) is 8.78 Å². The second kappa shape index (κ2) is 6.66. The first-order valence-corrected chi connectivity index (χ1v) is 5.95. The Bertz CT molecular complexity index is 383. The van der Waals surface area contributed by atoms with Crippen molar-refractivity contribution in [1.29, 1.82) is 0 Å². The lowest BCUT2D eigenvalue weighted by molar-refractivity contribution is 0.0561. The Morgan fingerprint density at radius 2 is 2.06 bits per heavy atom. The minimum atomic E-state index is -0.860. The van der Waals surface area contributed by atoms with Gasteiger partial charge in [0.1, 0.15) is 5.82 Å². The van der Waals surface area contributed by atoms with Crippen LogP contribution >= 0.6 is 0 Å². The highest BCUT2D eigenvalue weighted by Gasteiger charge is 2.16. The van der Waals surface area contributed by atoms with Crippen molar-refractivity contribution >= 4 is 0 Å². The highest BCUT2D eigenvalue weighted by Crippen LogP contribution is 2.18. The number of hydrogen-bond donors (Lipinski definition) is 2. The van der Waals surface area contributed by atoms with Gasteiger partial charge in [-0.1, -0.05) is 0 Å². The van der Waals surface area contributed by atoms with Gasteiger partial charge in [0.25, 0.3) is 0 Å². The summed E-state index contributed by atoms with van der Waals surface area (Å²) in [6, 6.07) is 3.20. The maximum Gasteiger partial charge on any atom is 0.167 e. The maximum absolute atomic E-state index is 13.2. The predicted octanol–water partition coefficient (Wildman–Crippen LogP) is 2.22. The van der Waals surface area contributed by atoms with Gasteiger partial charge in [-0.05, 0) is 38.3 Å². The molecule has 1 atom stereocenters. The van der Waals surface area contributed by atoms with E-state index in [0.717, 1.165) is 18.6 Å². The molecule has 102 valence electrons. The molecule has 0 aliphatic heterocycles. The Labute approximate surface area is 106 Å². The number of ether oxygens (including phenoxy) is 1. The summed E-state index contributed by atoms with van der Waals surface area (Å²) in [5.41, 5.74) is 4.52. The number of rotatable bonds is 7. The molecule has 0 amide bonds. The molecular formula is C13H19F2NO2. The van der Waals surface area contributed by atoms with E-state index in [1.165, 1.54) is 6.07 Å². The monoisotopic (exact) mass is 259 g/mol. The van der Waals surface area contributed by atoms with Crippen LogP contribution in [0.25, 0.3) is 0 Å². The highest BCUT2D eigenvalue weighted by molar-refractivity contribution is 5.24. The third-order valence-electron chi connectivity index (χ3n) is 2.70. The summed E-state index contributed by atoms with van der Waals surface area (Å²) in [6.45, 7) is 2.21. The van der Waals surface area contributed by atoms with Crippen molar-refractivity contribution in [2.45, 2.75) is 31.8 Å². The molecule has 18 heavy (non-hydrogen) atoms. The lowest BCUT2D eigenvalue weighted by atomic mass is 10.00. The summed E-state index contributed by atoms with van der Waals surface area (Å²) in [5.74, 6) is -1.29. The molecule has 0 aromatic heterocycles. The van der Waals surface area contributed by atoms with Crippen molar-refractivity contribution in [3.8, 4) is 5.75 Å². The van der Waals surface area contributed by atoms with E-state index in [0.29, 0.717) is 19.4 Å². The zero-order valence-electron chi connectivity index (χ0n) is 10.5. The third kappa shape index (κ3) is 4.98.